The van der Waals surface area contributed by atoms with E-state index < -0.39 is 0 Å². The van der Waals surface area contributed by atoms with Crippen LogP contribution in [0.4, 0.5) is 0 Å². The van der Waals surface area contributed by atoms with Gasteiger partial charge in [0.2, 0.25) is 0 Å². The van der Waals surface area contributed by atoms with Gasteiger partial charge in [-0.2, -0.15) is 0 Å². The van der Waals surface area contributed by atoms with E-state index in [4.69, 9.17) is 6.42 Å². The molecule has 0 N–H and O–H groups in total. The van der Waals surface area contributed by atoms with E-state index in [2.05, 4.69) is 24.1 Å². The highest BCUT2D eigenvalue weighted by Gasteiger charge is 1.98. The highest BCUT2D eigenvalue weighted by atomic mass is 14.0. The smallest absolute Gasteiger partial charge is 0.0248 e. The summed E-state index contributed by atoms with van der Waals surface area (Å²) in [6.07, 6.45) is 5.32. The quantitative estimate of drug-likeness (QED) is 0.509. The van der Waals surface area contributed by atoms with Crippen molar-refractivity contribution in [1.29, 1.82) is 0 Å². The van der Waals surface area contributed by atoms with E-state index in [0.717, 1.165) is 5.56 Å². The van der Waals surface area contributed by atoms with Gasteiger partial charge in [-0.1, -0.05) is 36.3 Å². The molecule has 2 aliphatic carbocycles. The summed E-state index contributed by atoms with van der Waals surface area (Å²) in [7, 11) is 0. The first-order valence-corrected chi connectivity index (χ1v) is 3.85. The highest BCUT2D eigenvalue weighted by Crippen LogP contribution is 2.21. The molecule has 2 rings (SSSR count). The van der Waals surface area contributed by atoms with E-state index in [0.29, 0.717) is 0 Å². The molecule has 0 amide bonds. The largest absolute Gasteiger partial charge is 0.115 e. The predicted octanol–water partition coefficient (Wildman–Crippen LogP) is 2.77. The van der Waals surface area contributed by atoms with Gasteiger partial charge in [-0.15, -0.1) is 6.42 Å². The molecule has 0 saturated carbocycles. The minimum Gasteiger partial charge on any atom is -0.115 e. The van der Waals surface area contributed by atoms with Crippen LogP contribution in [0.2, 0.25) is 0 Å². The molecule has 0 saturated heterocycles. The zero-order valence-electron chi connectivity index (χ0n) is 6.62. The van der Waals surface area contributed by atoms with Crippen LogP contribution in [-0.2, 0) is 0 Å². The summed E-state index contributed by atoms with van der Waals surface area (Å²) in [5.41, 5.74) is 3.36. The summed E-state index contributed by atoms with van der Waals surface area (Å²) < 4.78 is 0. The molecule has 12 heavy (non-hydrogen) atoms. The maximum atomic E-state index is 5.32. The lowest BCUT2D eigenvalue weighted by atomic mass is 10.2. The van der Waals surface area contributed by atoms with Crippen LogP contribution in [-0.4, -0.2) is 0 Å². The first-order chi connectivity index (χ1) is 5.90. The molecule has 0 heterocycles. The van der Waals surface area contributed by atoms with Crippen molar-refractivity contribution in [3.63, 3.8) is 0 Å². The zero-order valence-corrected chi connectivity index (χ0v) is 6.62. The second kappa shape index (κ2) is 2.71. The van der Waals surface area contributed by atoms with Gasteiger partial charge < -0.3 is 0 Å². The van der Waals surface area contributed by atoms with Crippen molar-refractivity contribution < 1.29 is 0 Å². The van der Waals surface area contributed by atoms with E-state index in [-0.39, 0.29) is 0 Å². The van der Waals surface area contributed by atoms with Crippen LogP contribution < -0.4 is 0 Å². The lowest BCUT2D eigenvalue weighted by molar-refractivity contribution is 1.76. The van der Waals surface area contributed by atoms with Gasteiger partial charge >= 0.3 is 0 Å². The summed E-state index contributed by atoms with van der Waals surface area (Å²) >= 11 is 0. The third-order valence-corrected chi connectivity index (χ3v) is 1.91. The Hall–Kier alpha value is -1.74. The lowest BCUT2D eigenvalue weighted by Crippen LogP contribution is -1.66. The molecule has 0 nitrogen and oxygen atoms in total. The molecule has 0 heteroatoms. The van der Waals surface area contributed by atoms with Gasteiger partial charge in [0.1, 0.15) is 0 Å². The van der Waals surface area contributed by atoms with Crippen LogP contribution in [0.15, 0.2) is 42.5 Å². The van der Waals surface area contributed by atoms with Crippen LogP contribution in [0.5, 0.6) is 0 Å². The fraction of sp³-hybridized carbons (Fsp3) is 0. The number of fused-ring (bicyclic) bond motifs is 1. The summed E-state index contributed by atoms with van der Waals surface area (Å²) in [6.45, 7) is 0. The van der Waals surface area contributed by atoms with Crippen LogP contribution in [0.3, 0.4) is 0 Å². The summed E-state index contributed by atoms with van der Waals surface area (Å²) in [5.74, 6) is 2.63. The van der Waals surface area contributed by atoms with Crippen molar-refractivity contribution in [2.24, 2.45) is 0 Å². The molecule has 0 radical (unpaired) electrons. The van der Waals surface area contributed by atoms with Crippen LogP contribution >= 0.6 is 0 Å². The Morgan fingerprint density at radius 2 is 1.58 bits per heavy atom. The Morgan fingerprint density at radius 1 is 0.917 bits per heavy atom. The van der Waals surface area contributed by atoms with Gasteiger partial charge in [-0.3, -0.25) is 0 Å². The molecular weight excluding hydrogens is 144 g/mol. The second-order valence-electron chi connectivity index (χ2n) is 2.71. The molecule has 0 spiro atoms. The van der Waals surface area contributed by atoms with E-state index in [9.17, 15) is 0 Å². The Bertz CT molecular complexity index is 407. The number of hydrogen-bond acceptors (Lipinski definition) is 0. The van der Waals surface area contributed by atoms with Crippen LogP contribution in [0.1, 0.15) is 5.56 Å². The van der Waals surface area contributed by atoms with Gasteiger partial charge in [0.05, 0.1) is 0 Å². The fourth-order valence-corrected chi connectivity index (χ4v) is 1.29. The molecule has 0 fully saturated rings. The van der Waals surface area contributed by atoms with Crippen LogP contribution in [0.25, 0.3) is 11.1 Å². The maximum Gasteiger partial charge on any atom is 0.0248 e. The Morgan fingerprint density at radius 3 is 2.33 bits per heavy atom. The van der Waals surface area contributed by atoms with Crippen molar-refractivity contribution in [3.05, 3.63) is 48.0 Å². The number of hydrogen-bond donors (Lipinski definition) is 0. The average Bonchev–Trinajstić information content (AvgIpc) is 2.43. The molecule has 0 bridgehead atoms. The Kier molecular flexibility index (Phi) is 1.57. The minimum absolute atomic E-state index is 0.927. The Balaban J connectivity index is 2.71. The van der Waals surface area contributed by atoms with Gasteiger partial charge in [-0.25, -0.2) is 0 Å². The highest BCUT2D eigenvalue weighted by molar-refractivity contribution is 5.67. The molecule has 0 atom stereocenters. The van der Waals surface area contributed by atoms with E-state index in [1.54, 1.807) is 0 Å². The molecule has 0 aromatic carbocycles. The fourth-order valence-electron chi connectivity index (χ4n) is 1.29. The summed E-state index contributed by atoms with van der Waals surface area (Å²) in [4.78, 5) is 0. The van der Waals surface area contributed by atoms with Crippen molar-refractivity contribution in [1.82, 2.24) is 0 Å². The molecule has 56 valence electrons. The predicted molar refractivity (Wildman–Crippen MR) is 51.0 cm³/mol. The van der Waals surface area contributed by atoms with Crippen LogP contribution in [0, 0.1) is 12.3 Å². The Labute approximate surface area is 72.2 Å². The lowest BCUT2D eigenvalue weighted by Gasteiger charge is -1.88. The van der Waals surface area contributed by atoms with Gasteiger partial charge in [0.25, 0.3) is 0 Å². The summed E-state index contributed by atoms with van der Waals surface area (Å²) in [5, 5.41) is 0. The average molecular weight is 152 g/mol. The first-order valence-electron chi connectivity index (χ1n) is 3.85. The maximum absolute atomic E-state index is 5.32. The third kappa shape index (κ3) is 1.06. The van der Waals surface area contributed by atoms with Crippen molar-refractivity contribution >= 4 is 0 Å². The van der Waals surface area contributed by atoms with E-state index >= 15 is 0 Å². The molecule has 0 aliphatic heterocycles. The van der Waals surface area contributed by atoms with Crippen molar-refractivity contribution in [3.8, 4) is 23.5 Å². The van der Waals surface area contributed by atoms with Gasteiger partial charge in [-0.05, 0) is 23.3 Å². The number of rotatable bonds is 0. The summed E-state index contributed by atoms with van der Waals surface area (Å²) in [6, 6.07) is 14.2. The zero-order chi connectivity index (χ0) is 8.39. The van der Waals surface area contributed by atoms with Gasteiger partial charge in [0.15, 0.2) is 0 Å². The molecule has 0 unspecified atom stereocenters. The first kappa shape index (κ1) is 6.94. The third-order valence-electron chi connectivity index (χ3n) is 1.91. The SMILES string of the molecule is C#Cc1cccc2cccc-2c1. The van der Waals surface area contributed by atoms with Gasteiger partial charge in [0, 0.05) is 5.56 Å². The molecular formula is C12H8. The van der Waals surface area contributed by atoms with E-state index in [1.165, 1.54) is 11.1 Å². The second-order valence-corrected chi connectivity index (χ2v) is 2.71. The normalized spacial score (nSPS) is 9.58. The molecule has 2 aliphatic rings. The monoisotopic (exact) mass is 152 g/mol. The van der Waals surface area contributed by atoms with Crippen molar-refractivity contribution in [2.75, 3.05) is 0 Å². The topological polar surface area (TPSA) is 0 Å². The molecule has 0 aromatic rings. The number of terminal acetylenes is 1. The van der Waals surface area contributed by atoms with Crippen molar-refractivity contribution in [2.45, 2.75) is 0 Å². The van der Waals surface area contributed by atoms with E-state index in [1.807, 2.05) is 24.3 Å². The minimum atomic E-state index is 0.927. The standard InChI is InChI=1S/C12H8/c1-2-10-5-3-6-11-7-4-8-12(11)9-10/h1,3-9H. The molecule has 0 aromatic heterocycles.